The van der Waals surface area contributed by atoms with Gasteiger partial charge in [0.15, 0.2) is 6.29 Å². The molecule has 1 aromatic rings. The number of esters is 1. The molecule has 20 heavy (non-hydrogen) atoms. The molecule has 0 fully saturated rings. The van der Waals surface area contributed by atoms with Crippen molar-refractivity contribution in [3.63, 3.8) is 0 Å². The molecular weight excluding hydrogens is 279 g/mol. The zero-order valence-electron chi connectivity index (χ0n) is 10.2. The molecule has 0 radical (unpaired) electrons. The topological polar surface area (TPSA) is 76.4 Å². The molecule has 0 aliphatic carbocycles. The predicted octanol–water partition coefficient (Wildman–Crippen LogP) is 2.45. The number of hydrogen-bond acceptors (Lipinski definition) is 5. The quantitative estimate of drug-likeness (QED) is 0.628. The highest BCUT2D eigenvalue weighted by atomic mass is 19.4. The van der Waals surface area contributed by atoms with E-state index >= 15 is 0 Å². The third kappa shape index (κ3) is 3.71. The molecule has 0 aromatic heterocycles. The van der Waals surface area contributed by atoms with Gasteiger partial charge in [0.1, 0.15) is 11.8 Å². The Morgan fingerprint density at radius 3 is 2.55 bits per heavy atom. The molecule has 0 N–H and O–H groups in total. The zero-order chi connectivity index (χ0) is 15.3. The van der Waals surface area contributed by atoms with Crippen molar-refractivity contribution in [2.75, 3.05) is 6.61 Å². The number of ether oxygens (including phenoxy) is 2. The van der Waals surface area contributed by atoms with Crippen LogP contribution in [-0.4, -0.2) is 25.2 Å². The highest BCUT2D eigenvalue weighted by Gasteiger charge is 2.32. The Hall–Kier alpha value is -2.56. The van der Waals surface area contributed by atoms with Crippen LogP contribution in [0.5, 0.6) is 5.75 Å². The molecule has 0 aliphatic heterocycles. The molecule has 0 saturated heterocycles. The van der Waals surface area contributed by atoms with Crippen molar-refractivity contribution in [3.8, 4) is 11.8 Å². The van der Waals surface area contributed by atoms with Crippen LogP contribution in [0.1, 0.15) is 33.2 Å². The highest BCUT2D eigenvalue weighted by molar-refractivity contribution is 6.00. The van der Waals surface area contributed by atoms with Crippen LogP contribution in [0, 0.1) is 11.3 Å². The second-order valence-corrected chi connectivity index (χ2v) is 3.43. The fourth-order valence-electron chi connectivity index (χ4n) is 1.44. The fraction of sp³-hybridized carbons (Fsp3) is 0.250. The fourth-order valence-corrected chi connectivity index (χ4v) is 1.44. The first-order chi connectivity index (χ1) is 9.32. The van der Waals surface area contributed by atoms with Crippen molar-refractivity contribution in [2.24, 2.45) is 0 Å². The van der Waals surface area contributed by atoms with Crippen molar-refractivity contribution >= 4 is 12.3 Å². The summed E-state index contributed by atoms with van der Waals surface area (Å²) in [6.45, 7) is 1.49. The maximum atomic E-state index is 12.1. The maximum absolute atomic E-state index is 12.1. The lowest BCUT2D eigenvalue weighted by Crippen LogP contribution is -2.18. The smallest absolute Gasteiger partial charge is 0.462 e. The Balaban J connectivity index is 3.37. The van der Waals surface area contributed by atoms with Gasteiger partial charge < -0.3 is 9.47 Å². The van der Waals surface area contributed by atoms with Crippen molar-refractivity contribution in [2.45, 2.75) is 13.3 Å². The number of hydrogen-bond donors (Lipinski definition) is 0. The third-order valence-electron chi connectivity index (χ3n) is 2.10. The van der Waals surface area contributed by atoms with Crippen molar-refractivity contribution in [1.29, 1.82) is 5.26 Å². The van der Waals surface area contributed by atoms with E-state index in [1.807, 2.05) is 0 Å². The van der Waals surface area contributed by atoms with Gasteiger partial charge in [-0.15, -0.1) is 13.2 Å². The van der Waals surface area contributed by atoms with E-state index in [-0.39, 0.29) is 18.5 Å². The summed E-state index contributed by atoms with van der Waals surface area (Å²) >= 11 is 0. The van der Waals surface area contributed by atoms with Crippen LogP contribution < -0.4 is 4.74 Å². The number of halogens is 3. The lowest BCUT2D eigenvalue weighted by atomic mass is 10.0. The monoisotopic (exact) mass is 287 g/mol. The number of benzene rings is 1. The number of rotatable bonds is 4. The van der Waals surface area contributed by atoms with E-state index in [0.29, 0.717) is 12.1 Å². The van der Waals surface area contributed by atoms with Gasteiger partial charge in [-0.2, -0.15) is 5.26 Å². The first-order valence-corrected chi connectivity index (χ1v) is 5.28. The van der Waals surface area contributed by atoms with Gasteiger partial charge >= 0.3 is 12.3 Å². The summed E-state index contributed by atoms with van der Waals surface area (Å²) in [6, 6.07) is 2.96. The van der Waals surface area contributed by atoms with Gasteiger partial charge in [-0.3, -0.25) is 4.79 Å². The van der Waals surface area contributed by atoms with Crippen molar-refractivity contribution in [1.82, 2.24) is 0 Å². The van der Waals surface area contributed by atoms with Gasteiger partial charge in [-0.1, -0.05) is 0 Å². The molecule has 106 valence electrons. The van der Waals surface area contributed by atoms with E-state index in [1.165, 1.54) is 13.0 Å². The SMILES string of the molecule is CCOC(=O)c1c(C#N)cc(OC(F)(F)F)cc1C=O. The molecule has 0 spiro atoms. The first kappa shape index (κ1) is 15.5. The number of carbonyl (C=O) groups excluding carboxylic acids is 2. The normalized spacial score (nSPS) is 10.6. The molecular formula is C12H8F3NO4. The first-order valence-electron chi connectivity index (χ1n) is 5.28. The summed E-state index contributed by atoms with van der Waals surface area (Å²) < 4.78 is 44.6. The molecule has 0 bridgehead atoms. The average molecular weight is 287 g/mol. The van der Waals surface area contributed by atoms with Gasteiger partial charge in [0.05, 0.1) is 17.7 Å². The molecule has 0 atom stereocenters. The Bertz CT molecular complexity index is 575. The number of alkyl halides is 3. The molecule has 0 aliphatic rings. The van der Waals surface area contributed by atoms with E-state index in [4.69, 9.17) is 5.26 Å². The van der Waals surface area contributed by atoms with Crippen LogP contribution in [0.2, 0.25) is 0 Å². The third-order valence-corrected chi connectivity index (χ3v) is 2.10. The van der Waals surface area contributed by atoms with E-state index in [0.717, 1.165) is 0 Å². The van der Waals surface area contributed by atoms with Crippen LogP contribution in [0.25, 0.3) is 0 Å². The van der Waals surface area contributed by atoms with Gasteiger partial charge in [-0.05, 0) is 19.1 Å². The minimum atomic E-state index is -4.97. The van der Waals surface area contributed by atoms with E-state index in [9.17, 15) is 22.8 Å². The Morgan fingerprint density at radius 2 is 2.10 bits per heavy atom. The standard InChI is InChI=1S/C12H8F3NO4/c1-2-19-11(18)10-7(5-16)3-9(4-8(10)6-17)20-12(13,14)15/h3-4,6H,2H2,1H3. The van der Waals surface area contributed by atoms with Gasteiger partial charge in [-0.25, -0.2) is 4.79 Å². The summed E-state index contributed by atoms with van der Waals surface area (Å²) in [5, 5.41) is 8.87. The zero-order valence-corrected chi connectivity index (χ0v) is 10.2. The molecule has 8 heteroatoms. The van der Waals surface area contributed by atoms with E-state index < -0.39 is 29.2 Å². The van der Waals surface area contributed by atoms with E-state index in [1.54, 1.807) is 0 Å². The molecule has 5 nitrogen and oxygen atoms in total. The predicted molar refractivity (Wildman–Crippen MR) is 59.2 cm³/mol. The average Bonchev–Trinajstić information content (AvgIpc) is 2.35. The Morgan fingerprint density at radius 1 is 1.45 bits per heavy atom. The number of nitriles is 1. The van der Waals surface area contributed by atoms with Gasteiger partial charge in [0.2, 0.25) is 0 Å². The summed E-state index contributed by atoms with van der Waals surface area (Å²) in [5.41, 5.74) is -1.24. The second-order valence-electron chi connectivity index (χ2n) is 3.43. The maximum Gasteiger partial charge on any atom is 0.573 e. The second kappa shape index (κ2) is 6.06. The molecule has 1 aromatic carbocycles. The van der Waals surface area contributed by atoms with Crippen LogP contribution in [0.4, 0.5) is 13.2 Å². The van der Waals surface area contributed by atoms with Crippen LogP contribution >= 0.6 is 0 Å². The summed E-state index contributed by atoms with van der Waals surface area (Å²) in [4.78, 5) is 22.5. The Labute approximate surface area is 111 Å². The van der Waals surface area contributed by atoms with Gasteiger partial charge in [0.25, 0.3) is 0 Å². The van der Waals surface area contributed by atoms with Crippen LogP contribution in [0.15, 0.2) is 12.1 Å². The minimum Gasteiger partial charge on any atom is -0.462 e. The number of carbonyl (C=O) groups is 2. The summed E-state index contributed by atoms with van der Waals surface area (Å²) in [7, 11) is 0. The molecule has 0 amide bonds. The molecule has 1 rings (SSSR count). The molecule has 0 heterocycles. The van der Waals surface area contributed by atoms with Crippen molar-refractivity contribution < 1.29 is 32.2 Å². The van der Waals surface area contributed by atoms with Crippen LogP contribution in [0.3, 0.4) is 0 Å². The lowest BCUT2D eigenvalue weighted by molar-refractivity contribution is -0.274. The number of aldehydes is 1. The minimum absolute atomic E-state index is 0.0111. The molecule has 0 saturated carbocycles. The summed E-state index contributed by atoms with van der Waals surface area (Å²) in [6.07, 6.45) is -4.82. The Kier molecular flexibility index (Phi) is 4.69. The lowest BCUT2D eigenvalue weighted by Gasteiger charge is -2.12. The summed E-state index contributed by atoms with van der Waals surface area (Å²) in [5.74, 6) is -1.73. The van der Waals surface area contributed by atoms with Gasteiger partial charge in [0, 0.05) is 5.56 Å². The van der Waals surface area contributed by atoms with Crippen LogP contribution in [-0.2, 0) is 4.74 Å². The van der Waals surface area contributed by atoms with E-state index in [2.05, 4.69) is 9.47 Å². The number of nitrogens with zero attached hydrogens (tertiary/aromatic N) is 1. The largest absolute Gasteiger partial charge is 0.573 e. The van der Waals surface area contributed by atoms with Crippen molar-refractivity contribution in [3.05, 3.63) is 28.8 Å². The molecule has 0 unspecified atom stereocenters. The highest BCUT2D eigenvalue weighted by Crippen LogP contribution is 2.27.